The molecular formula is C26H22N4O3S. The van der Waals surface area contributed by atoms with E-state index in [9.17, 15) is 14.4 Å². The Morgan fingerprint density at radius 2 is 1.85 bits per heavy atom. The molecule has 8 heteroatoms. The van der Waals surface area contributed by atoms with Crippen LogP contribution in [0.2, 0.25) is 0 Å². The molecule has 3 amide bonds. The molecule has 0 N–H and O–H groups in total. The standard InChI is InChI=1S/C26H22N4O3S/c1-16-11-17(2)24-21(12-16)34-26(28-24)29(15-18-5-4-10-27-14-18)25(33)19-6-3-7-20(13-19)30-22(31)8-9-23(30)32/h3-7,10-14H,8-9,15H2,1-2H3. The molecule has 7 nitrogen and oxygen atoms in total. The number of aryl methyl sites for hydroxylation is 2. The zero-order valence-corrected chi connectivity index (χ0v) is 19.6. The van der Waals surface area contributed by atoms with Crippen LogP contribution in [0.25, 0.3) is 10.2 Å². The average molecular weight is 471 g/mol. The van der Waals surface area contributed by atoms with E-state index < -0.39 is 0 Å². The van der Waals surface area contributed by atoms with Crippen molar-refractivity contribution in [3.05, 3.63) is 83.2 Å². The number of imide groups is 1. The van der Waals surface area contributed by atoms with Gasteiger partial charge in [0.05, 0.1) is 22.4 Å². The molecule has 3 heterocycles. The molecule has 4 aromatic rings. The predicted molar refractivity (Wildman–Crippen MR) is 132 cm³/mol. The third kappa shape index (κ3) is 4.08. The van der Waals surface area contributed by atoms with Gasteiger partial charge in [-0.25, -0.2) is 4.98 Å². The van der Waals surface area contributed by atoms with E-state index in [-0.39, 0.29) is 37.1 Å². The molecule has 0 radical (unpaired) electrons. The van der Waals surface area contributed by atoms with E-state index in [4.69, 9.17) is 4.98 Å². The van der Waals surface area contributed by atoms with Gasteiger partial charge >= 0.3 is 0 Å². The van der Waals surface area contributed by atoms with Crippen LogP contribution in [0.3, 0.4) is 0 Å². The van der Waals surface area contributed by atoms with Crippen LogP contribution in [-0.4, -0.2) is 27.7 Å². The third-order valence-electron chi connectivity index (χ3n) is 5.76. The average Bonchev–Trinajstić information content (AvgIpc) is 3.40. The van der Waals surface area contributed by atoms with Crippen LogP contribution in [0.4, 0.5) is 10.8 Å². The summed E-state index contributed by atoms with van der Waals surface area (Å²) in [5.74, 6) is -0.768. The summed E-state index contributed by atoms with van der Waals surface area (Å²) in [5, 5.41) is 0.580. The Labute approximate surface area is 200 Å². The maximum Gasteiger partial charge on any atom is 0.260 e. The van der Waals surface area contributed by atoms with E-state index >= 15 is 0 Å². The number of amides is 3. The van der Waals surface area contributed by atoms with E-state index in [1.807, 2.05) is 26.0 Å². The molecule has 34 heavy (non-hydrogen) atoms. The Hall–Kier alpha value is -3.91. The van der Waals surface area contributed by atoms with Crippen molar-refractivity contribution in [2.45, 2.75) is 33.2 Å². The third-order valence-corrected chi connectivity index (χ3v) is 6.79. The normalized spacial score (nSPS) is 13.6. The van der Waals surface area contributed by atoms with Crippen LogP contribution < -0.4 is 9.80 Å². The van der Waals surface area contributed by atoms with Crippen molar-refractivity contribution in [2.75, 3.05) is 9.80 Å². The highest BCUT2D eigenvalue weighted by Crippen LogP contribution is 2.34. The van der Waals surface area contributed by atoms with Crippen LogP contribution >= 0.6 is 11.3 Å². The highest BCUT2D eigenvalue weighted by atomic mass is 32.1. The Morgan fingerprint density at radius 3 is 2.59 bits per heavy atom. The molecule has 0 saturated carbocycles. The van der Waals surface area contributed by atoms with E-state index in [0.29, 0.717) is 16.4 Å². The Morgan fingerprint density at radius 1 is 1.06 bits per heavy atom. The minimum atomic E-state index is -0.266. The first-order chi connectivity index (χ1) is 16.4. The first-order valence-electron chi connectivity index (χ1n) is 10.9. The molecule has 1 saturated heterocycles. The lowest BCUT2D eigenvalue weighted by Gasteiger charge is -2.21. The van der Waals surface area contributed by atoms with Gasteiger partial charge in [-0.2, -0.15) is 0 Å². The number of carbonyl (C=O) groups excluding carboxylic acids is 3. The van der Waals surface area contributed by atoms with Gasteiger partial charge in [-0.1, -0.05) is 29.5 Å². The first-order valence-corrected chi connectivity index (χ1v) is 11.8. The van der Waals surface area contributed by atoms with Gasteiger partial charge in [-0.15, -0.1) is 0 Å². The van der Waals surface area contributed by atoms with Crippen molar-refractivity contribution < 1.29 is 14.4 Å². The van der Waals surface area contributed by atoms with Gasteiger partial charge in [-0.05, 0) is 60.9 Å². The van der Waals surface area contributed by atoms with Gasteiger partial charge in [0, 0.05) is 30.8 Å². The van der Waals surface area contributed by atoms with E-state index in [2.05, 4.69) is 17.1 Å². The van der Waals surface area contributed by atoms with Crippen molar-refractivity contribution in [2.24, 2.45) is 0 Å². The number of rotatable bonds is 5. The molecule has 5 rings (SSSR count). The Balaban J connectivity index is 1.56. The molecule has 2 aromatic heterocycles. The molecule has 1 fully saturated rings. The number of fused-ring (bicyclic) bond motifs is 1. The topological polar surface area (TPSA) is 83.5 Å². The highest BCUT2D eigenvalue weighted by Gasteiger charge is 2.31. The van der Waals surface area contributed by atoms with Crippen LogP contribution in [0, 0.1) is 13.8 Å². The fraction of sp³-hybridized carbons (Fsp3) is 0.192. The number of hydrogen-bond acceptors (Lipinski definition) is 6. The van der Waals surface area contributed by atoms with Crippen LogP contribution in [0.5, 0.6) is 0 Å². The minimum Gasteiger partial charge on any atom is -0.279 e. The summed E-state index contributed by atoms with van der Waals surface area (Å²) in [6.45, 7) is 4.34. The molecule has 1 aliphatic heterocycles. The summed E-state index contributed by atoms with van der Waals surface area (Å²) < 4.78 is 1.01. The number of hydrogen-bond donors (Lipinski definition) is 0. The van der Waals surface area contributed by atoms with Gasteiger partial charge in [0.1, 0.15) is 0 Å². The fourth-order valence-electron chi connectivity index (χ4n) is 4.17. The molecule has 0 atom stereocenters. The largest absolute Gasteiger partial charge is 0.279 e. The van der Waals surface area contributed by atoms with E-state index in [1.54, 1.807) is 41.6 Å². The lowest BCUT2D eigenvalue weighted by Crippen LogP contribution is -2.31. The second-order valence-electron chi connectivity index (χ2n) is 8.35. The van der Waals surface area contributed by atoms with Crippen LogP contribution in [-0.2, 0) is 16.1 Å². The number of carbonyl (C=O) groups is 3. The summed E-state index contributed by atoms with van der Waals surface area (Å²) in [4.78, 5) is 50.0. The lowest BCUT2D eigenvalue weighted by atomic mass is 10.1. The Kier molecular flexibility index (Phi) is 5.67. The summed E-state index contributed by atoms with van der Waals surface area (Å²) in [6.07, 6.45) is 3.79. The summed E-state index contributed by atoms with van der Waals surface area (Å²) in [7, 11) is 0. The molecule has 0 unspecified atom stereocenters. The predicted octanol–water partition coefficient (Wildman–Crippen LogP) is 4.81. The molecule has 0 aliphatic carbocycles. The smallest absolute Gasteiger partial charge is 0.260 e. The number of benzene rings is 2. The number of nitrogens with zero attached hydrogens (tertiary/aromatic N) is 4. The second kappa shape index (κ2) is 8.79. The molecular weight excluding hydrogens is 448 g/mol. The van der Waals surface area contributed by atoms with E-state index in [0.717, 1.165) is 31.8 Å². The molecule has 2 aromatic carbocycles. The lowest BCUT2D eigenvalue weighted by molar-refractivity contribution is -0.121. The molecule has 0 bridgehead atoms. The molecule has 1 aliphatic rings. The van der Waals surface area contributed by atoms with Gasteiger partial charge in [-0.3, -0.25) is 29.2 Å². The number of pyridine rings is 1. The zero-order chi connectivity index (χ0) is 23.8. The summed E-state index contributed by atoms with van der Waals surface area (Å²) >= 11 is 1.46. The monoisotopic (exact) mass is 470 g/mol. The Bertz CT molecular complexity index is 1410. The first kappa shape index (κ1) is 21.9. The van der Waals surface area contributed by atoms with Gasteiger partial charge in [0.2, 0.25) is 11.8 Å². The van der Waals surface area contributed by atoms with Crippen molar-refractivity contribution in [1.82, 2.24) is 9.97 Å². The number of aromatic nitrogens is 2. The van der Waals surface area contributed by atoms with Crippen molar-refractivity contribution in [3.8, 4) is 0 Å². The SMILES string of the molecule is Cc1cc(C)c2nc(N(Cc3cccnc3)C(=O)c3cccc(N4C(=O)CCC4=O)c3)sc2c1. The van der Waals surface area contributed by atoms with Crippen molar-refractivity contribution >= 4 is 50.1 Å². The van der Waals surface area contributed by atoms with Gasteiger partial charge in [0.15, 0.2) is 5.13 Å². The fourth-order valence-corrected chi connectivity index (χ4v) is 5.31. The van der Waals surface area contributed by atoms with Gasteiger partial charge < -0.3 is 0 Å². The zero-order valence-electron chi connectivity index (χ0n) is 18.8. The summed E-state index contributed by atoms with van der Waals surface area (Å²) in [5.41, 5.74) is 4.72. The summed E-state index contributed by atoms with van der Waals surface area (Å²) in [6, 6.07) is 14.5. The maximum atomic E-state index is 13.8. The van der Waals surface area contributed by atoms with Crippen LogP contribution in [0.15, 0.2) is 60.9 Å². The van der Waals surface area contributed by atoms with Crippen molar-refractivity contribution in [1.29, 1.82) is 0 Å². The molecule has 170 valence electrons. The van der Waals surface area contributed by atoms with E-state index in [1.165, 1.54) is 11.3 Å². The maximum absolute atomic E-state index is 13.8. The van der Waals surface area contributed by atoms with Gasteiger partial charge in [0.25, 0.3) is 5.91 Å². The highest BCUT2D eigenvalue weighted by molar-refractivity contribution is 7.22. The molecule has 0 spiro atoms. The number of thiazole rings is 1. The number of anilines is 2. The second-order valence-corrected chi connectivity index (χ2v) is 9.36. The minimum absolute atomic E-state index is 0.189. The van der Waals surface area contributed by atoms with Crippen molar-refractivity contribution in [3.63, 3.8) is 0 Å². The quantitative estimate of drug-likeness (QED) is 0.391. The van der Waals surface area contributed by atoms with Crippen LogP contribution in [0.1, 0.15) is 39.9 Å².